The molecule has 2 aliphatic heterocycles. The summed E-state index contributed by atoms with van der Waals surface area (Å²) in [7, 11) is 1.59. The first kappa shape index (κ1) is 23.9. The van der Waals surface area contributed by atoms with Crippen LogP contribution in [0.25, 0.3) is 0 Å². The molecule has 10 heteroatoms. The van der Waals surface area contributed by atoms with E-state index in [1.54, 1.807) is 7.11 Å². The number of carbonyl (C=O) groups is 2. The Hall–Kier alpha value is -3.27. The van der Waals surface area contributed by atoms with Gasteiger partial charge in [-0.3, -0.25) is 4.79 Å². The second-order valence-electron chi connectivity index (χ2n) is 8.67. The smallest absolute Gasteiger partial charge is 0.416 e. The molecule has 0 bridgehead atoms. The molecule has 0 aliphatic carbocycles. The fourth-order valence-corrected chi connectivity index (χ4v) is 4.59. The van der Waals surface area contributed by atoms with E-state index in [2.05, 4.69) is 10.6 Å². The molecule has 2 aromatic rings. The predicted octanol–water partition coefficient (Wildman–Crippen LogP) is 3.71. The number of ether oxygens (including phenoxy) is 1. The van der Waals surface area contributed by atoms with E-state index in [9.17, 15) is 22.8 Å². The van der Waals surface area contributed by atoms with Gasteiger partial charge in [0.2, 0.25) is 5.91 Å². The van der Waals surface area contributed by atoms with Gasteiger partial charge in [-0.25, -0.2) is 4.79 Å². The largest absolute Gasteiger partial charge is 0.497 e. The van der Waals surface area contributed by atoms with Crippen molar-refractivity contribution in [2.24, 2.45) is 0 Å². The Labute approximate surface area is 195 Å². The van der Waals surface area contributed by atoms with E-state index < -0.39 is 17.6 Å². The van der Waals surface area contributed by atoms with Crippen LogP contribution in [-0.2, 0) is 17.5 Å². The topological polar surface area (TPSA) is 73.9 Å². The molecule has 0 radical (unpaired) electrons. The Balaban J connectivity index is 1.45. The fourth-order valence-electron chi connectivity index (χ4n) is 4.59. The van der Waals surface area contributed by atoms with Crippen LogP contribution < -0.4 is 15.4 Å². The predicted molar refractivity (Wildman–Crippen MR) is 120 cm³/mol. The SMILES string of the molecule is COc1ccc(CN2C(=O)N(CC(=O)Nc3ccc(C(F)(F)F)cc3)CC23CCNCC3)cc1. The minimum atomic E-state index is -4.44. The van der Waals surface area contributed by atoms with Crippen LogP contribution in [0.3, 0.4) is 0 Å². The van der Waals surface area contributed by atoms with Crippen molar-refractivity contribution in [3.63, 3.8) is 0 Å². The summed E-state index contributed by atoms with van der Waals surface area (Å²) in [4.78, 5) is 29.4. The zero-order valence-corrected chi connectivity index (χ0v) is 18.8. The number of rotatable bonds is 6. The van der Waals surface area contributed by atoms with Gasteiger partial charge in [-0.15, -0.1) is 0 Å². The molecule has 2 aromatic carbocycles. The number of hydrogen-bond donors (Lipinski definition) is 2. The number of urea groups is 1. The lowest BCUT2D eigenvalue weighted by molar-refractivity contribution is -0.137. The highest BCUT2D eigenvalue weighted by atomic mass is 19.4. The van der Waals surface area contributed by atoms with E-state index in [0.717, 1.165) is 49.4 Å². The summed E-state index contributed by atoms with van der Waals surface area (Å²) in [5.41, 5.74) is 0.0401. The molecule has 182 valence electrons. The van der Waals surface area contributed by atoms with Crippen LogP contribution in [0.5, 0.6) is 5.75 Å². The molecular weight excluding hydrogens is 449 g/mol. The summed E-state index contributed by atoms with van der Waals surface area (Å²) < 4.78 is 43.5. The minimum absolute atomic E-state index is 0.172. The standard InChI is InChI=1S/C24H27F3N4O3/c1-34-20-8-2-17(3-9-20)14-31-22(33)30(16-23(31)10-12-28-13-11-23)15-21(32)29-19-6-4-18(5-7-19)24(25,26)27/h2-9,28H,10-16H2,1H3,(H,29,32). The Bertz CT molecular complexity index is 1020. The van der Waals surface area contributed by atoms with Crippen molar-refractivity contribution in [3.8, 4) is 5.75 Å². The fraction of sp³-hybridized carbons (Fsp3) is 0.417. The number of amides is 3. The highest BCUT2D eigenvalue weighted by molar-refractivity contribution is 5.95. The maximum absolute atomic E-state index is 13.4. The molecule has 2 fully saturated rings. The highest BCUT2D eigenvalue weighted by Crippen LogP contribution is 2.36. The molecule has 2 aliphatic rings. The highest BCUT2D eigenvalue weighted by Gasteiger charge is 2.50. The Morgan fingerprint density at radius 2 is 1.74 bits per heavy atom. The van der Waals surface area contributed by atoms with Gasteiger partial charge in [-0.1, -0.05) is 12.1 Å². The number of piperidine rings is 1. The first-order valence-electron chi connectivity index (χ1n) is 11.1. The van der Waals surface area contributed by atoms with Gasteiger partial charge in [0, 0.05) is 18.8 Å². The third kappa shape index (κ3) is 5.11. The Morgan fingerprint density at radius 1 is 1.09 bits per heavy atom. The maximum atomic E-state index is 13.4. The lowest BCUT2D eigenvalue weighted by Gasteiger charge is -2.40. The number of carbonyl (C=O) groups excluding carboxylic acids is 2. The normalized spacial score (nSPS) is 17.8. The van der Waals surface area contributed by atoms with Crippen LogP contribution in [0, 0.1) is 0 Å². The molecule has 2 heterocycles. The van der Waals surface area contributed by atoms with Gasteiger partial charge in [-0.05, 0) is 67.9 Å². The molecule has 4 rings (SSSR count). The number of alkyl halides is 3. The van der Waals surface area contributed by atoms with Crippen molar-refractivity contribution in [2.45, 2.75) is 31.1 Å². The van der Waals surface area contributed by atoms with Gasteiger partial charge in [0.05, 0.1) is 18.2 Å². The zero-order valence-electron chi connectivity index (χ0n) is 18.8. The van der Waals surface area contributed by atoms with Crippen LogP contribution in [0.2, 0.25) is 0 Å². The van der Waals surface area contributed by atoms with Crippen molar-refractivity contribution in [1.82, 2.24) is 15.1 Å². The molecule has 3 amide bonds. The van der Waals surface area contributed by atoms with Crippen molar-refractivity contribution in [2.75, 3.05) is 38.6 Å². The first-order chi connectivity index (χ1) is 16.2. The molecule has 0 aromatic heterocycles. The number of halogens is 3. The number of nitrogens with zero attached hydrogens (tertiary/aromatic N) is 2. The number of anilines is 1. The van der Waals surface area contributed by atoms with Crippen LogP contribution >= 0.6 is 0 Å². The van der Waals surface area contributed by atoms with Gasteiger partial charge in [0.1, 0.15) is 12.3 Å². The molecule has 1 spiro atoms. The van der Waals surface area contributed by atoms with Gasteiger partial charge in [0.15, 0.2) is 0 Å². The number of benzene rings is 2. The summed E-state index contributed by atoms with van der Waals surface area (Å²) >= 11 is 0. The zero-order chi connectivity index (χ0) is 24.3. The van der Waals surface area contributed by atoms with Crippen LogP contribution in [0.15, 0.2) is 48.5 Å². The van der Waals surface area contributed by atoms with E-state index in [-0.39, 0.29) is 23.8 Å². The van der Waals surface area contributed by atoms with E-state index in [0.29, 0.717) is 13.1 Å². The molecule has 0 saturated carbocycles. The molecular formula is C24H27F3N4O3. The average molecular weight is 476 g/mol. The van der Waals surface area contributed by atoms with Crippen molar-refractivity contribution in [3.05, 3.63) is 59.7 Å². The third-order valence-corrected chi connectivity index (χ3v) is 6.42. The molecule has 0 unspecified atom stereocenters. The second-order valence-corrected chi connectivity index (χ2v) is 8.67. The van der Waals surface area contributed by atoms with Crippen molar-refractivity contribution < 1.29 is 27.5 Å². The van der Waals surface area contributed by atoms with E-state index in [1.807, 2.05) is 29.2 Å². The van der Waals surface area contributed by atoms with Crippen LogP contribution in [0.4, 0.5) is 23.7 Å². The lowest BCUT2D eigenvalue weighted by Crippen LogP contribution is -2.53. The van der Waals surface area contributed by atoms with Gasteiger partial charge < -0.3 is 25.2 Å². The molecule has 7 nitrogen and oxygen atoms in total. The first-order valence-corrected chi connectivity index (χ1v) is 11.1. The van der Waals surface area contributed by atoms with Crippen LogP contribution in [-0.4, -0.2) is 60.6 Å². The van der Waals surface area contributed by atoms with E-state index in [1.165, 1.54) is 17.0 Å². The van der Waals surface area contributed by atoms with Gasteiger partial charge in [0.25, 0.3) is 0 Å². The van der Waals surface area contributed by atoms with E-state index in [4.69, 9.17) is 4.74 Å². The summed E-state index contributed by atoms with van der Waals surface area (Å²) in [6, 6.07) is 11.5. The third-order valence-electron chi connectivity index (χ3n) is 6.42. The quantitative estimate of drug-likeness (QED) is 0.667. The Kier molecular flexibility index (Phi) is 6.70. The average Bonchev–Trinajstić information content (AvgIpc) is 3.04. The molecule has 34 heavy (non-hydrogen) atoms. The van der Waals surface area contributed by atoms with Gasteiger partial charge >= 0.3 is 12.2 Å². The number of hydrogen-bond acceptors (Lipinski definition) is 4. The molecule has 0 atom stereocenters. The molecule has 2 N–H and O–H groups in total. The van der Waals surface area contributed by atoms with Gasteiger partial charge in [-0.2, -0.15) is 13.2 Å². The summed E-state index contributed by atoms with van der Waals surface area (Å²) in [6.07, 6.45) is -2.90. The number of methoxy groups -OCH3 is 1. The maximum Gasteiger partial charge on any atom is 0.416 e. The Morgan fingerprint density at radius 3 is 2.32 bits per heavy atom. The second kappa shape index (κ2) is 9.54. The summed E-state index contributed by atoms with van der Waals surface area (Å²) in [5.74, 6) is 0.276. The number of nitrogens with one attached hydrogen (secondary N) is 2. The van der Waals surface area contributed by atoms with E-state index >= 15 is 0 Å². The van der Waals surface area contributed by atoms with Crippen molar-refractivity contribution >= 4 is 17.6 Å². The lowest BCUT2D eigenvalue weighted by atomic mass is 9.87. The summed E-state index contributed by atoms with van der Waals surface area (Å²) in [6.45, 7) is 2.22. The monoisotopic (exact) mass is 476 g/mol. The minimum Gasteiger partial charge on any atom is -0.497 e. The van der Waals surface area contributed by atoms with Crippen molar-refractivity contribution in [1.29, 1.82) is 0 Å². The van der Waals surface area contributed by atoms with Crippen LogP contribution in [0.1, 0.15) is 24.0 Å². The summed E-state index contributed by atoms with van der Waals surface area (Å²) in [5, 5.41) is 5.91. The molecule has 2 saturated heterocycles.